The Morgan fingerprint density at radius 1 is 0.967 bits per heavy atom. The number of hydrogen-bond acceptors (Lipinski definition) is 4. The zero-order valence-corrected chi connectivity index (χ0v) is 17.4. The molecule has 2 amide bonds. The first-order chi connectivity index (χ1) is 14.3. The second-order valence-corrected chi connectivity index (χ2v) is 8.04. The molecule has 0 N–H and O–H groups in total. The predicted molar refractivity (Wildman–Crippen MR) is 112 cm³/mol. The van der Waals surface area contributed by atoms with Gasteiger partial charge in [0.1, 0.15) is 11.5 Å². The maximum atomic E-state index is 14.2. The maximum Gasteiger partial charge on any atom is 0.278 e. The summed E-state index contributed by atoms with van der Waals surface area (Å²) in [6.07, 6.45) is -0.131. The fourth-order valence-corrected chi connectivity index (χ4v) is 4.14. The number of aryl methyl sites for hydroxylation is 1. The zero-order valence-electron chi connectivity index (χ0n) is 17.4. The van der Waals surface area contributed by atoms with Gasteiger partial charge in [0, 0.05) is 18.7 Å². The lowest BCUT2D eigenvalue weighted by atomic mass is 10.0. The molecule has 0 radical (unpaired) electrons. The molecule has 1 saturated heterocycles. The summed E-state index contributed by atoms with van der Waals surface area (Å²) in [5.41, 5.74) is 2.82. The molecule has 2 heterocycles. The summed E-state index contributed by atoms with van der Waals surface area (Å²) in [5, 5.41) is 0. The molecule has 2 aromatic rings. The Kier molecular flexibility index (Phi) is 5.43. The fourth-order valence-electron chi connectivity index (χ4n) is 4.14. The van der Waals surface area contributed by atoms with E-state index in [0.29, 0.717) is 35.5 Å². The van der Waals surface area contributed by atoms with Crippen molar-refractivity contribution in [3.8, 4) is 0 Å². The van der Waals surface area contributed by atoms with Crippen molar-refractivity contribution in [3.05, 3.63) is 76.7 Å². The van der Waals surface area contributed by atoms with Crippen molar-refractivity contribution in [1.29, 1.82) is 0 Å². The Hall–Kier alpha value is -2.99. The summed E-state index contributed by atoms with van der Waals surface area (Å²) in [7, 11) is 0. The molecule has 30 heavy (non-hydrogen) atoms. The molecule has 5 nitrogen and oxygen atoms in total. The summed E-state index contributed by atoms with van der Waals surface area (Å²) in [6.45, 7) is 6.80. The van der Waals surface area contributed by atoms with Gasteiger partial charge in [0.15, 0.2) is 0 Å². The van der Waals surface area contributed by atoms with Crippen molar-refractivity contribution in [2.24, 2.45) is 0 Å². The summed E-state index contributed by atoms with van der Waals surface area (Å²) in [6, 6.07) is 13.8. The van der Waals surface area contributed by atoms with E-state index in [1.54, 1.807) is 18.2 Å². The van der Waals surface area contributed by atoms with Crippen LogP contribution in [-0.4, -0.2) is 46.9 Å². The number of imide groups is 1. The van der Waals surface area contributed by atoms with Crippen LogP contribution in [0.25, 0.3) is 5.57 Å². The lowest BCUT2D eigenvalue weighted by Crippen LogP contribution is -2.46. The van der Waals surface area contributed by atoms with Crippen molar-refractivity contribution in [2.45, 2.75) is 39.5 Å². The van der Waals surface area contributed by atoms with Crippen molar-refractivity contribution in [3.63, 3.8) is 0 Å². The third kappa shape index (κ3) is 3.75. The molecule has 0 aliphatic carbocycles. The molecule has 0 aromatic heterocycles. The van der Waals surface area contributed by atoms with E-state index in [2.05, 4.69) is 0 Å². The average Bonchev–Trinajstić information content (AvgIpc) is 2.94. The summed E-state index contributed by atoms with van der Waals surface area (Å²) < 4.78 is 20.0. The van der Waals surface area contributed by atoms with Crippen molar-refractivity contribution in [1.82, 2.24) is 9.80 Å². The van der Waals surface area contributed by atoms with Crippen LogP contribution in [0, 0.1) is 12.7 Å². The van der Waals surface area contributed by atoms with E-state index in [1.165, 1.54) is 6.07 Å². The van der Waals surface area contributed by atoms with Crippen LogP contribution in [0.2, 0.25) is 0 Å². The van der Waals surface area contributed by atoms with Crippen LogP contribution in [0.1, 0.15) is 30.5 Å². The highest BCUT2D eigenvalue weighted by molar-refractivity contribution is 6.35. The first kappa shape index (κ1) is 20.3. The molecule has 0 bridgehead atoms. The Morgan fingerprint density at radius 2 is 1.60 bits per heavy atom. The van der Waals surface area contributed by atoms with Gasteiger partial charge in [-0.15, -0.1) is 0 Å². The van der Waals surface area contributed by atoms with Crippen LogP contribution in [0.5, 0.6) is 0 Å². The average molecular weight is 408 g/mol. The third-order valence-electron chi connectivity index (χ3n) is 5.51. The maximum absolute atomic E-state index is 14.2. The molecule has 6 heteroatoms. The molecule has 2 atom stereocenters. The largest absolute Gasteiger partial charge is 0.372 e. The minimum atomic E-state index is -0.433. The van der Waals surface area contributed by atoms with E-state index >= 15 is 0 Å². The normalized spacial score (nSPS) is 22.3. The van der Waals surface area contributed by atoms with Crippen LogP contribution in [0.15, 0.2) is 54.2 Å². The molecule has 2 aliphatic rings. The first-order valence-electron chi connectivity index (χ1n) is 10.2. The molecule has 156 valence electrons. The molecule has 4 rings (SSSR count). The number of benzene rings is 2. The number of nitrogens with zero attached hydrogens (tertiary/aromatic N) is 2. The number of rotatable bonds is 4. The van der Waals surface area contributed by atoms with Crippen LogP contribution >= 0.6 is 0 Å². The lowest BCUT2D eigenvalue weighted by molar-refractivity contribution is -0.139. The van der Waals surface area contributed by atoms with Gasteiger partial charge in [-0.1, -0.05) is 48.0 Å². The number of hydrogen-bond donors (Lipinski definition) is 0. The molecule has 0 spiro atoms. The highest BCUT2D eigenvalue weighted by Crippen LogP contribution is 2.34. The third-order valence-corrected chi connectivity index (χ3v) is 5.51. The van der Waals surface area contributed by atoms with Crippen LogP contribution in [0.4, 0.5) is 4.39 Å². The molecular formula is C24H25FN2O3. The molecule has 0 saturated carbocycles. The van der Waals surface area contributed by atoms with E-state index in [4.69, 9.17) is 4.74 Å². The topological polar surface area (TPSA) is 49.9 Å². The molecule has 2 aromatic carbocycles. The highest BCUT2D eigenvalue weighted by atomic mass is 19.1. The SMILES string of the molecule is Cc1ccc(C2=C(N3CC(C)OC(C)C3)C(=O)N(Cc3ccccc3F)C2=O)cc1. The lowest BCUT2D eigenvalue weighted by Gasteiger charge is -2.37. The quantitative estimate of drug-likeness (QED) is 0.727. The highest BCUT2D eigenvalue weighted by Gasteiger charge is 2.43. The Labute approximate surface area is 175 Å². The van der Waals surface area contributed by atoms with E-state index in [0.717, 1.165) is 10.5 Å². The minimum Gasteiger partial charge on any atom is -0.372 e. The Morgan fingerprint density at radius 3 is 2.23 bits per heavy atom. The Balaban J connectivity index is 1.76. The monoisotopic (exact) mass is 408 g/mol. The smallest absolute Gasteiger partial charge is 0.278 e. The van der Waals surface area contributed by atoms with Crippen molar-refractivity contribution in [2.75, 3.05) is 13.1 Å². The number of halogens is 1. The van der Waals surface area contributed by atoms with E-state index < -0.39 is 11.7 Å². The molecule has 2 aliphatic heterocycles. The van der Waals surface area contributed by atoms with Gasteiger partial charge in [-0.05, 0) is 32.4 Å². The fraction of sp³-hybridized carbons (Fsp3) is 0.333. The number of carbonyl (C=O) groups excluding carboxylic acids is 2. The van der Waals surface area contributed by atoms with Gasteiger partial charge in [-0.3, -0.25) is 14.5 Å². The summed E-state index contributed by atoms with van der Waals surface area (Å²) in [4.78, 5) is 29.9. The van der Waals surface area contributed by atoms with Crippen LogP contribution in [-0.2, 0) is 20.9 Å². The summed E-state index contributed by atoms with van der Waals surface area (Å²) in [5.74, 6) is -1.22. The predicted octanol–water partition coefficient (Wildman–Crippen LogP) is 3.52. The van der Waals surface area contributed by atoms with Gasteiger partial charge in [-0.25, -0.2) is 4.39 Å². The van der Waals surface area contributed by atoms with Gasteiger partial charge in [-0.2, -0.15) is 0 Å². The molecule has 2 unspecified atom stereocenters. The Bertz CT molecular complexity index is 1010. The van der Waals surface area contributed by atoms with Crippen LogP contribution < -0.4 is 0 Å². The minimum absolute atomic E-state index is 0.0657. The van der Waals surface area contributed by atoms with Gasteiger partial charge >= 0.3 is 0 Å². The van der Waals surface area contributed by atoms with E-state index in [-0.39, 0.29) is 24.7 Å². The number of morpholine rings is 1. The summed E-state index contributed by atoms with van der Waals surface area (Å²) >= 11 is 0. The van der Waals surface area contributed by atoms with Crippen molar-refractivity contribution >= 4 is 17.4 Å². The molecular weight excluding hydrogens is 383 g/mol. The van der Waals surface area contributed by atoms with Crippen LogP contribution in [0.3, 0.4) is 0 Å². The van der Waals surface area contributed by atoms with Gasteiger partial charge in [0.05, 0.1) is 24.3 Å². The van der Waals surface area contributed by atoms with Gasteiger partial charge < -0.3 is 9.64 Å². The number of ether oxygens (including phenoxy) is 1. The molecule has 1 fully saturated rings. The van der Waals surface area contributed by atoms with E-state index in [9.17, 15) is 14.0 Å². The van der Waals surface area contributed by atoms with Gasteiger partial charge in [0.25, 0.3) is 11.8 Å². The standard InChI is InChI=1S/C24H25FN2O3/c1-15-8-10-18(11-9-15)21-22(26-12-16(2)30-17(3)13-26)24(29)27(23(21)28)14-19-6-4-5-7-20(19)25/h4-11,16-17H,12-14H2,1-3H3. The zero-order chi connectivity index (χ0) is 21.4. The van der Waals surface area contributed by atoms with E-state index in [1.807, 2.05) is 49.9 Å². The second kappa shape index (κ2) is 8.03. The van der Waals surface area contributed by atoms with Gasteiger partial charge in [0.2, 0.25) is 0 Å². The number of amides is 2. The first-order valence-corrected chi connectivity index (χ1v) is 10.2. The van der Waals surface area contributed by atoms with Crippen molar-refractivity contribution < 1.29 is 18.7 Å². The second-order valence-electron chi connectivity index (χ2n) is 8.04. The number of carbonyl (C=O) groups is 2.